The van der Waals surface area contributed by atoms with Gasteiger partial charge in [-0.05, 0) is 52.1 Å². The Labute approximate surface area is 269 Å². The summed E-state index contributed by atoms with van der Waals surface area (Å²) in [5.74, 6) is 0.705. The van der Waals surface area contributed by atoms with E-state index in [0.717, 1.165) is 57.4 Å². The summed E-state index contributed by atoms with van der Waals surface area (Å²) in [5.41, 5.74) is 12.0. The van der Waals surface area contributed by atoms with Crippen LogP contribution >= 0.6 is 0 Å². The number of benzene rings is 5. The molecule has 0 unspecified atom stereocenters. The molecule has 0 bridgehead atoms. The lowest BCUT2D eigenvalue weighted by Gasteiger charge is -2.12. The number of allylic oxidation sites excluding steroid dienone is 4. The highest BCUT2D eigenvalue weighted by Crippen LogP contribution is 2.33. The fraction of sp³-hybridized carbons (Fsp3) is 0.0465. The van der Waals surface area contributed by atoms with Crippen molar-refractivity contribution in [2.75, 3.05) is 0 Å². The van der Waals surface area contributed by atoms with E-state index in [0.29, 0.717) is 5.82 Å². The predicted octanol–water partition coefficient (Wildman–Crippen LogP) is 11.1. The molecule has 0 radical (unpaired) electrons. The van der Waals surface area contributed by atoms with Gasteiger partial charge in [0.1, 0.15) is 0 Å². The minimum Gasteiger partial charge on any atom is -0.263 e. The molecule has 7 aromatic rings. The molecule has 0 saturated carbocycles. The molecule has 2 aromatic heterocycles. The zero-order chi connectivity index (χ0) is 30.7. The molecule has 5 aromatic carbocycles. The number of aromatic nitrogens is 3. The molecule has 0 N–H and O–H groups in total. The van der Waals surface area contributed by atoms with Gasteiger partial charge in [0.05, 0.1) is 11.4 Å². The van der Waals surface area contributed by atoms with Gasteiger partial charge in [-0.3, -0.25) is 4.98 Å². The minimum atomic E-state index is 0.705. The Kier molecular flexibility index (Phi) is 7.33. The Bertz CT molecular complexity index is 2210. The number of hydrogen-bond donors (Lipinski definition) is 0. The standard InChI is InChI=1S/C43H31N3/c1-3-9-30(10-4-1)32-15-21-35(22-16-32)41-27-42(46-43(45-41)37-25-17-33(18-26-37)31-11-5-2-6-12-31)36-23-19-34(20-24-36)40-29-44-28-38-13-7-8-14-39(38)40/h2-3,5-29H,1,4H2. The highest BCUT2D eigenvalue weighted by molar-refractivity contribution is 5.96. The summed E-state index contributed by atoms with van der Waals surface area (Å²) < 4.78 is 0. The lowest BCUT2D eigenvalue weighted by Crippen LogP contribution is -1.96. The normalized spacial score (nSPS) is 12.7. The van der Waals surface area contributed by atoms with Crippen LogP contribution in [0.25, 0.3) is 72.5 Å². The van der Waals surface area contributed by atoms with E-state index >= 15 is 0 Å². The second-order valence-electron chi connectivity index (χ2n) is 11.6. The van der Waals surface area contributed by atoms with Crippen molar-refractivity contribution in [3.05, 3.63) is 170 Å². The van der Waals surface area contributed by atoms with E-state index < -0.39 is 0 Å². The minimum absolute atomic E-state index is 0.705. The smallest absolute Gasteiger partial charge is 0.160 e. The second kappa shape index (κ2) is 12.2. The molecular weight excluding hydrogens is 558 g/mol. The molecule has 0 spiro atoms. The van der Waals surface area contributed by atoms with Crippen LogP contribution in [0.5, 0.6) is 0 Å². The molecule has 3 nitrogen and oxygen atoms in total. The zero-order valence-corrected chi connectivity index (χ0v) is 25.3. The fourth-order valence-electron chi connectivity index (χ4n) is 6.14. The number of pyridine rings is 1. The van der Waals surface area contributed by atoms with Crippen molar-refractivity contribution in [1.29, 1.82) is 0 Å². The van der Waals surface area contributed by atoms with E-state index in [1.807, 2.05) is 24.5 Å². The van der Waals surface area contributed by atoms with Gasteiger partial charge in [0.15, 0.2) is 5.82 Å². The molecule has 8 rings (SSSR count). The van der Waals surface area contributed by atoms with Gasteiger partial charge in [-0.15, -0.1) is 0 Å². The van der Waals surface area contributed by atoms with E-state index in [-0.39, 0.29) is 0 Å². The van der Waals surface area contributed by atoms with E-state index in [1.165, 1.54) is 27.6 Å². The Balaban J connectivity index is 1.19. The van der Waals surface area contributed by atoms with E-state index in [9.17, 15) is 0 Å². The molecule has 0 atom stereocenters. The van der Waals surface area contributed by atoms with Crippen LogP contribution in [0.1, 0.15) is 18.4 Å². The molecule has 1 aliphatic rings. The summed E-state index contributed by atoms with van der Waals surface area (Å²) in [7, 11) is 0. The Morgan fingerprint density at radius 1 is 0.457 bits per heavy atom. The molecule has 0 aliphatic heterocycles. The molecule has 0 saturated heterocycles. The molecule has 0 fully saturated rings. The maximum absolute atomic E-state index is 5.10. The van der Waals surface area contributed by atoms with Gasteiger partial charge in [0, 0.05) is 40.0 Å². The van der Waals surface area contributed by atoms with Gasteiger partial charge in [0.2, 0.25) is 0 Å². The van der Waals surface area contributed by atoms with E-state index in [2.05, 4.69) is 145 Å². The van der Waals surface area contributed by atoms with Crippen molar-refractivity contribution in [2.24, 2.45) is 0 Å². The largest absolute Gasteiger partial charge is 0.263 e. The molecule has 218 valence electrons. The number of fused-ring (bicyclic) bond motifs is 1. The van der Waals surface area contributed by atoms with Crippen LogP contribution in [0, 0.1) is 0 Å². The quantitative estimate of drug-likeness (QED) is 0.194. The molecule has 0 amide bonds. The maximum atomic E-state index is 5.10. The summed E-state index contributed by atoms with van der Waals surface area (Å²) in [6.07, 6.45) is 12.8. The average molecular weight is 590 g/mol. The molecular formula is C43H31N3. The molecule has 3 heteroatoms. The molecule has 2 heterocycles. The Morgan fingerprint density at radius 2 is 1.04 bits per heavy atom. The summed E-state index contributed by atoms with van der Waals surface area (Å²) in [5, 5.41) is 2.33. The highest BCUT2D eigenvalue weighted by atomic mass is 14.9. The van der Waals surface area contributed by atoms with E-state index in [4.69, 9.17) is 9.97 Å². The van der Waals surface area contributed by atoms with Crippen molar-refractivity contribution in [3.63, 3.8) is 0 Å². The van der Waals surface area contributed by atoms with Crippen LogP contribution in [0.15, 0.2) is 164 Å². The fourth-order valence-corrected chi connectivity index (χ4v) is 6.14. The van der Waals surface area contributed by atoms with Gasteiger partial charge < -0.3 is 0 Å². The zero-order valence-electron chi connectivity index (χ0n) is 25.3. The summed E-state index contributed by atoms with van der Waals surface area (Å²) in [6.45, 7) is 0. The maximum Gasteiger partial charge on any atom is 0.160 e. The summed E-state index contributed by atoms with van der Waals surface area (Å²) in [4.78, 5) is 14.7. The summed E-state index contributed by atoms with van der Waals surface area (Å²) in [6, 6.07) is 46.8. The van der Waals surface area contributed by atoms with Crippen molar-refractivity contribution in [1.82, 2.24) is 15.0 Å². The van der Waals surface area contributed by atoms with Crippen molar-refractivity contribution < 1.29 is 0 Å². The third-order valence-electron chi connectivity index (χ3n) is 8.65. The number of hydrogen-bond acceptors (Lipinski definition) is 3. The third kappa shape index (κ3) is 5.55. The van der Waals surface area contributed by atoms with Crippen LogP contribution in [-0.2, 0) is 0 Å². The number of rotatable bonds is 6. The SMILES string of the molecule is C1=CC(c2ccc(-c3cc(-c4ccc(-c5cncc6ccccc56)cc4)nc(-c4ccc(-c5ccccc5)cc4)n3)cc2)=CCC1. The van der Waals surface area contributed by atoms with Crippen LogP contribution in [0.2, 0.25) is 0 Å². The van der Waals surface area contributed by atoms with Gasteiger partial charge in [-0.2, -0.15) is 0 Å². The van der Waals surface area contributed by atoms with Crippen LogP contribution in [0.4, 0.5) is 0 Å². The summed E-state index contributed by atoms with van der Waals surface area (Å²) >= 11 is 0. The monoisotopic (exact) mass is 589 g/mol. The lowest BCUT2D eigenvalue weighted by atomic mass is 9.97. The topological polar surface area (TPSA) is 38.7 Å². The van der Waals surface area contributed by atoms with Gasteiger partial charge in [-0.1, -0.05) is 146 Å². The van der Waals surface area contributed by atoms with Gasteiger partial charge >= 0.3 is 0 Å². The van der Waals surface area contributed by atoms with E-state index in [1.54, 1.807) is 0 Å². The third-order valence-corrected chi connectivity index (χ3v) is 8.65. The number of nitrogens with zero attached hydrogens (tertiary/aromatic N) is 3. The first-order valence-electron chi connectivity index (χ1n) is 15.7. The predicted molar refractivity (Wildman–Crippen MR) is 191 cm³/mol. The highest BCUT2D eigenvalue weighted by Gasteiger charge is 2.13. The first-order chi connectivity index (χ1) is 22.8. The van der Waals surface area contributed by atoms with Crippen LogP contribution in [-0.4, -0.2) is 15.0 Å². The van der Waals surface area contributed by atoms with Crippen LogP contribution in [0.3, 0.4) is 0 Å². The molecule has 1 aliphatic carbocycles. The molecule has 46 heavy (non-hydrogen) atoms. The van der Waals surface area contributed by atoms with Gasteiger partial charge in [-0.25, -0.2) is 9.97 Å². The van der Waals surface area contributed by atoms with Crippen molar-refractivity contribution >= 4 is 16.3 Å². The van der Waals surface area contributed by atoms with Gasteiger partial charge in [0.25, 0.3) is 0 Å². The average Bonchev–Trinajstić information content (AvgIpc) is 3.15. The van der Waals surface area contributed by atoms with Crippen molar-refractivity contribution in [3.8, 4) is 56.2 Å². The first-order valence-corrected chi connectivity index (χ1v) is 15.7. The first kappa shape index (κ1) is 27.6. The Morgan fingerprint density at radius 3 is 1.74 bits per heavy atom. The Hall–Kier alpha value is -5.93. The van der Waals surface area contributed by atoms with Crippen LogP contribution < -0.4 is 0 Å². The lowest BCUT2D eigenvalue weighted by molar-refractivity contribution is 1.04. The van der Waals surface area contributed by atoms with Crippen molar-refractivity contribution in [2.45, 2.75) is 12.8 Å². The second-order valence-corrected chi connectivity index (χ2v) is 11.6.